The molecule has 2 rings (SSSR count). The third-order valence-electron chi connectivity index (χ3n) is 2.73. The van der Waals surface area contributed by atoms with Gasteiger partial charge in [-0.25, -0.2) is 4.39 Å². The van der Waals surface area contributed by atoms with Gasteiger partial charge in [-0.2, -0.15) is 0 Å². The molecule has 18 heavy (non-hydrogen) atoms. The summed E-state index contributed by atoms with van der Waals surface area (Å²) in [5, 5.41) is 0. The molecule has 0 bridgehead atoms. The van der Waals surface area contributed by atoms with Gasteiger partial charge in [0.15, 0.2) is 0 Å². The fraction of sp³-hybridized carbons (Fsp3) is 0.200. The van der Waals surface area contributed by atoms with Gasteiger partial charge in [-0.3, -0.25) is 0 Å². The molecule has 0 heterocycles. The molecule has 2 aromatic carbocycles. The summed E-state index contributed by atoms with van der Waals surface area (Å²) in [6.45, 7) is 4.28. The molecule has 0 radical (unpaired) electrons. The third-order valence-corrected chi connectivity index (χ3v) is 2.73. The first-order chi connectivity index (χ1) is 8.58. The molecule has 0 unspecified atom stereocenters. The van der Waals surface area contributed by atoms with Crippen molar-refractivity contribution < 1.29 is 9.13 Å². The van der Waals surface area contributed by atoms with E-state index in [0.717, 1.165) is 16.9 Å². The Morgan fingerprint density at radius 2 is 1.89 bits per heavy atom. The number of benzene rings is 2. The number of ether oxygens (including phenoxy) is 1. The van der Waals surface area contributed by atoms with Crippen molar-refractivity contribution in [2.24, 2.45) is 5.73 Å². The maximum atomic E-state index is 13.3. The molecular formula is C15H16FNO. The van der Waals surface area contributed by atoms with E-state index in [1.807, 2.05) is 32.0 Å². The summed E-state index contributed by atoms with van der Waals surface area (Å²) in [5.41, 5.74) is 8.42. The lowest BCUT2D eigenvalue weighted by atomic mass is 10.1. The maximum absolute atomic E-state index is 13.3. The van der Waals surface area contributed by atoms with Crippen molar-refractivity contribution in [2.75, 3.05) is 0 Å². The van der Waals surface area contributed by atoms with Crippen LogP contribution < -0.4 is 10.5 Å². The normalized spacial score (nSPS) is 10.4. The minimum absolute atomic E-state index is 0.293. The second-order valence-corrected chi connectivity index (χ2v) is 4.37. The van der Waals surface area contributed by atoms with Crippen LogP contribution >= 0.6 is 0 Å². The second-order valence-electron chi connectivity index (χ2n) is 4.37. The van der Waals surface area contributed by atoms with Gasteiger partial charge in [-0.05, 0) is 43.2 Å². The topological polar surface area (TPSA) is 35.2 Å². The second kappa shape index (κ2) is 5.19. The average molecular weight is 245 g/mol. The van der Waals surface area contributed by atoms with Gasteiger partial charge in [0, 0.05) is 12.6 Å². The Bertz CT molecular complexity index is 566. The van der Waals surface area contributed by atoms with Crippen LogP contribution in [0.2, 0.25) is 0 Å². The van der Waals surface area contributed by atoms with E-state index in [4.69, 9.17) is 10.5 Å². The summed E-state index contributed by atoms with van der Waals surface area (Å²) >= 11 is 0. The Hall–Kier alpha value is -1.87. The summed E-state index contributed by atoms with van der Waals surface area (Å²) < 4.78 is 19.0. The Morgan fingerprint density at radius 1 is 1.11 bits per heavy atom. The van der Waals surface area contributed by atoms with Crippen LogP contribution in [0.15, 0.2) is 36.4 Å². The van der Waals surface area contributed by atoms with Gasteiger partial charge in [0.2, 0.25) is 0 Å². The molecule has 94 valence electrons. The van der Waals surface area contributed by atoms with Gasteiger partial charge in [0.1, 0.15) is 17.3 Å². The molecule has 0 aliphatic carbocycles. The first-order valence-electron chi connectivity index (χ1n) is 5.83. The van der Waals surface area contributed by atoms with E-state index in [0.29, 0.717) is 12.3 Å². The number of rotatable bonds is 3. The van der Waals surface area contributed by atoms with Crippen molar-refractivity contribution >= 4 is 0 Å². The van der Waals surface area contributed by atoms with E-state index in [2.05, 4.69) is 0 Å². The highest BCUT2D eigenvalue weighted by Crippen LogP contribution is 2.27. The van der Waals surface area contributed by atoms with Crippen LogP contribution in [0.4, 0.5) is 4.39 Å². The summed E-state index contributed by atoms with van der Waals surface area (Å²) in [5.74, 6) is 0.870. The Labute approximate surface area is 106 Å². The predicted molar refractivity (Wildman–Crippen MR) is 70.3 cm³/mol. The van der Waals surface area contributed by atoms with Gasteiger partial charge in [-0.1, -0.05) is 17.7 Å². The summed E-state index contributed by atoms with van der Waals surface area (Å²) in [7, 11) is 0. The van der Waals surface area contributed by atoms with Crippen LogP contribution in [-0.2, 0) is 6.54 Å². The summed E-state index contributed by atoms with van der Waals surface area (Å²) in [4.78, 5) is 0. The van der Waals surface area contributed by atoms with Crippen molar-refractivity contribution in [1.82, 2.24) is 0 Å². The van der Waals surface area contributed by atoms with E-state index in [1.165, 1.54) is 17.7 Å². The van der Waals surface area contributed by atoms with Crippen molar-refractivity contribution in [3.05, 3.63) is 58.9 Å². The minimum Gasteiger partial charge on any atom is -0.457 e. The van der Waals surface area contributed by atoms with Crippen molar-refractivity contribution in [2.45, 2.75) is 20.4 Å². The molecule has 3 heteroatoms. The molecule has 2 nitrogen and oxygen atoms in total. The highest BCUT2D eigenvalue weighted by molar-refractivity contribution is 5.40. The third kappa shape index (κ3) is 2.87. The van der Waals surface area contributed by atoms with Crippen molar-refractivity contribution in [3.63, 3.8) is 0 Å². The standard InChI is InChI=1S/C15H16FNO/c1-10-3-4-15(11(2)5-10)18-14-7-12(9-17)6-13(16)8-14/h3-8H,9,17H2,1-2H3. The monoisotopic (exact) mass is 245 g/mol. The van der Waals surface area contributed by atoms with Crippen LogP contribution in [0, 0.1) is 19.7 Å². The number of nitrogens with two attached hydrogens (primary N) is 1. The number of aryl methyl sites for hydroxylation is 2. The van der Waals surface area contributed by atoms with E-state index in [-0.39, 0.29) is 5.82 Å². The van der Waals surface area contributed by atoms with Gasteiger partial charge in [0.25, 0.3) is 0 Å². The highest BCUT2D eigenvalue weighted by Gasteiger charge is 2.04. The van der Waals surface area contributed by atoms with Crippen LogP contribution in [0.1, 0.15) is 16.7 Å². The fourth-order valence-electron chi connectivity index (χ4n) is 1.84. The number of halogens is 1. The largest absolute Gasteiger partial charge is 0.457 e. The average Bonchev–Trinajstić information content (AvgIpc) is 2.32. The van der Waals surface area contributed by atoms with Gasteiger partial charge >= 0.3 is 0 Å². The highest BCUT2D eigenvalue weighted by atomic mass is 19.1. The van der Waals surface area contributed by atoms with Gasteiger partial charge < -0.3 is 10.5 Å². The lowest BCUT2D eigenvalue weighted by molar-refractivity contribution is 0.472. The lowest BCUT2D eigenvalue weighted by Crippen LogP contribution is -1.98. The fourth-order valence-corrected chi connectivity index (χ4v) is 1.84. The van der Waals surface area contributed by atoms with Gasteiger partial charge in [-0.15, -0.1) is 0 Å². The van der Waals surface area contributed by atoms with Crippen LogP contribution in [0.3, 0.4) is 0 Å². The first-order valence-corrected chi connectivity index (χ1v) is 5.83. The van der Waals surface area contributed by atoms with E-state index in [1.54, 1.807) is 6.07 Å². The van der Waals surface area contributed by atoms with Crippen LogP contribution in [0.5, 0.6) is 11.5 Å². The van der Waals surface area contributed by atoms with Crippen molar-refractivity contribution in [3.8, 4) is 11.5 Å². The van der Waals surface area contributed by atoms with E-state index < -0.39 is 0 Å². The molecule has 0 aliphatic rings. The van der Waals surface area contributed by atoms with Crippen LogP contribution in [0.25, 0.3) is 0 Å². The Kier molecular flexibility index (Phi) is 3.63. The summed E-state index contributed by atoms with van der Waals surface area (Å²) in [6, 6.07) is 10.4. The number of hydrogen-bond donors (Lipinski definition) is 1. The molecular weight excluding hydrogens is 229 g/mol. The summed E-state index contributed by atoms with van der Waals surface area (Å²) in [6.07, 6.45) is 0. The Morgan fingerprint density at radius 3 is 2.56 bits per heavy atom. The molecule has 0 spiro atoms. The molecule has 0 aromatic heterocycles. The minimum atomic E-state index is -0.335. The maximum Gasteiger partial charge on any atom is 0.130 e. The SMILES string of the molecule is Cc1ccc(Oc2cc(F)cc(CN)c2)c(C)c1. The smallest absolute Gasteiger partial charge is 0.130 e. The molecule has 2 aromatic rings. The predicted octanol–water partition coefficient (Wildman–Crippen LogP) is 3.69. The zero-order chi connectivity index (χ0) is 13.1. The van der Waals surface area contributed by atoms with E-state index in [9.17, 15) is 4.39 Å². The van der Waals surface area contributed by atoms with Crippen LogP contribution in [-0.4, -0.2) is 0 Å². The quantitative estimate of drug-likeness (QED) is 0.895. The van der Waals surface area contributed by atoms with E-state index >= 15 is 0 Å². The first kappa shape index (κ1) is 12.6. The molecule has 0 saturated carbocycles. The molecule has 0 saturated heterocycles. The Balaban J connectivity index is 2.30. The molecule has 0 amide bonds. The molecule has 0 atom stereocenters. The molecule has 2 N–H and O–H groups in total. The van der Waals surface area contributed by atoms with Gasteiger partial charge in [0.05, 0.1) is 0 Å². The zero-order valence-electron chi connectivity index (χ0n) is 10.5. The molecule has 0 aliphatic heterocycles. The van der Waals surface area contributed by atoms with Crippen molar-refractivity contribution in [1.29, 1.82) is 0 Å². The molecule has 0 fully saturated rings. The lowest BCUT2D eigenvalue weighted by Gasteiger charge is -2.10. The zero-order valence-corrected chi connectivity index (χ0v) is 10.5. The number of hydrogen-bond acceptors (Lipinski definition) is 2.